The minimum Gasteiger partial charge on any atom is -0.452 e. The number of esters is 1. The average molecular weight is 382 g/mol. The number of nitrogen functional groups attached to an aromatic ring is 1. The fourth-order valence-corrected chi connectivity index (χ4v) is 2.73. The molecule has 0 spiro atoms. The van der Waals surface area contributed by atoms with E-state index < -0.39 is 30.3 Å². The third-order valence-corrected chi connectivity index (χ3v) is 4.12. The maximum absolute atomic E-state index is 13.1. The lowest BCUT2D eigenvalue weighted by atomic mass is 10.1. The predicted molar refractivity (Wildman–Crippen MR) is 101 cm³/mol. The van der Waals surface area contributed by atoms with Crippen molar-refractivity contribution in [3.05, 3.63) is 83.7 Å². The van der Waals surface area contributed by atoms with Gasteiger partial charge in [0.1, 0.15) is 17.7 Å². The number of nitrogens with two attached hydrogens (primary N) is 1. The van der Waals surface area contributed by atoms with Crippen LogP contribution >= 0.6 is 0 Å². The third kappa shape index (κ3) is 4.35. The molecule has 7 nitrogen and oxygen atoms in total. The van der Waals surface area contributed by atoms with Crippen LogP contribution in [-0.4, -0.2) is 28.0 Å². The van der Waals surface area contributed by atoms with Gasteiger partial charge in [-0.25, -0.2) is 14.2 Å². The Morgan fingerprint density at radius 1 is 1.25 bits per heavy atom. The van der Waals surface area contributed by atoms with Gasteiger partial charge in [0.15, 0.2) is 6.61 Å². The number of nitrogens with zero attached hydrogens (tertiary/aromatic N) is 2. The Morgan fingerprint density at radius 3 is 2.64 bits per heavy atom. The lowest BCUT2D eigenvalue weighted by Crippen LogP contribution is -2.34. The molecule has 8 heteroatoms. The largest absolute Gasteiger partial charge is 0.452 e. The lowest BCUT2D eigenvalue weighted by Gasteiger charge is -2.19. The molecule has 0 unspecified atom stereocenters. The predicted octanol–water partition coefficient (Wildman–Crippen LogP) is 2.20. The number of hydrogen-bond donors (Lipinski definition) is 2. The molecule has 1 heterocycles. The Bertz CT molecular complexity index is 988. The molecule has 0 bridgehead atoms. The normalized spacial score (nSPS) is 11.6. The number of ether oxygens (including phenoxy) is 1. The molecule has 3 aromatic rings. The number of nitrogens with one attached hydrogen (secondary N) is 1. The van der Waals surface area contributed by atoms with E-state index in [0.29, 0.717) is 5.82 Å². The Balaban J connectivity index is 1.69. The van der Waals surface area contributed by atoms with Crippen LogP contribution < -0.4 is 11.1 Å². The molecule has 1 atom stereocenters. The second-order valence-corrected chi connectivity index (χ2v) is 6.12. The summed E-state index contributed by atoms with van der Waals surface area (Å²) in [5.74, 6) is -1.24. The number of carbonyl (C=O) groups excluding carboxylic acids is 2. The molecule has 0 radical (unpaired) electrons. The number of aromatic nitrogens is 2. The van der Waals surface area contributed by atoms with E-state index in [4.69, 9.17) is 10.5 Å². The third-order valence-electron chi connectivity index (χ3n) is 4.12. The van der Waals surface area contributed by atoms with Crippen LogP contribution in [0.15, 0.2) is 60.9 Å². The lowest BCUT2D eigenvalue weighted by molar-refractivity contribution is -0.124. The number of amides is 1. The molecule has 144 valence electrons. The van der Waals surface area contributed by atoms with Gasteiger partial charge in [-0.1, -0.05) is 30.3 Å². The standard InChI is InChI=1S/C20H19FN4O3/c1-25-10-9-23-19(25)18(13-5-3-2-4-6-13)24-17(26)12-28-20(27)15-8-7-14(21)11-16(15)22/h2-11,18H,12,22H2,1H3,(H,24,26)/t18-/m0/s1. The number of rotatable bonds is 6. The first-order valence-electron chi connectivity index (χ1n) is 8.49. The number of aryl methyl sites for hydroxylation is 1. The van der Waals surface area contributed by atoms with Crippen molar-refractivity contribution < 1.29 is 18.7 Å². The summed E-state index contributed by atoms with van der Waals surface area (Å²) in [6, 6.07) is 12.1. The SMILES string of the molecule is Cn1ccnc1[C@@H](NC(=O)COC(=O)c1ccc(F)cc1N)c1ccccc1. The Labute approximate surface area is 161 Å². The fourth-order valence-electron chi connectivity index (χ4n) is 2.73. The number of benzene rings is 2. The quantitative estimate of drug-likeness (QED) is 0.503. The van der Waals surface area contributed by atoms with Crippen molar-refractivity contribution in [2.45, 2.75) is 6.04 Å². The van der Waals surface area contributed by atoms with Crippen molar-refractivity contribution >= 4 is 17.6 Å². The van der Waals surface area contributed by atoms with Gasteiger partial charge in [0, 0.05) is 25.1 Å². The first kappa shape index (κ1) is 19.1. The van der Waals surface area contributed by atoms with E-state index in [-0.39, 0.29) is 11.3 Å². The van der Waals surface area contributed by atoms with Crippen molar-refractivity contribution in [3.63, 3.8) is 0 Å². The molecular weight excluding hydrogens is 363 g/mol. The molecule has 2 aromatic carbocycles. The van der Waals surface area contributed by atoms with Crippen molar-refractivity contribution in [1.82, 2.24) is 14.9 Å². The van der Waals surface area contributed by atoms with Crippen LogP contribution in [0.4, 0.5) is 10.1 Å². The van der Waals surface area contributed by atoms with Crippen LogP contribution in [0.25, 0.3) is 0 Å². The molecule has 1 amide bonds. The summed E-state index contributed by atoms with van der Waals surface area (Å²) >= 11 is 0. The van der Waals surface area contributed by atoms with E-state index in [0.717, 1.165) is 17.7 Å². The summed E-state index contributed by atoms with van der Waals surface area (Å²) < 4.78 is 19.9. The average Bonchev–Trinajstić information content (AvgIpc) is 3.10. The second kappa shape index (κ2) is 8.34. The van der Waals surface area contributed by atoms with Gasteiger partial charge in [0.05, 0.1) is 5.56 Å². The summed E-state index contributed by atoms with van der Waals surface area (Å²) in [7, 11) is 1.82. The van der Waals surface area contributed by atoms with Gasteiger partial charge in [0.25, 0.3) is 5.91 Å². The zero-order valence-electron chi connectivity index (χ0n) is 15.1. The highest BCUT2D eigenvalue weighted by molar-refractivity contribution is 5.96. The van der Waals surface area contributed by atoms with Crippen molar-refractivity contribution in [3.8, 4) is 0 Å². The van der Waals surface area contributed by atoms with Gasteiger partial charge < -0.3 is 20.4 Å². The Kier molecular flexibility index (Phi) is 5.69. The number of hydrogen-bond acceptors (Lipinski definition) is 5. The van der Waals surface area contributed by atoms with E-state index in [1.54, 1.807) is 17.0 Å². The molecule has 0 saturated heterocycles. The van der Waals surface area contributed by atoms with Crippen LogP contribution in [0.2, 0.25) is 0 Å². The summed E-state index contributed by atoms with van der Waals surface area (Å²) in [6.07, 6.45) is 3.41. The van der Waals surface area contributed by atoms with Crippen LogP contribution in [0.3, 0.4) is 0 Å². The molecular formula is C20H19FN4O3. The van der Waals surface area contributed by atoms with Crippen LogP contribution in [0.5, 0.6) is 0 Å². The highest BCUT2D eigenvalue weighted by Crippen LogP contribution is 2.20. The summed E-state index contributed by atoms with van der Waals surface area (Å²) in [4.78, 5) is 28.8. The van der Waals surface area contributed by atoms with E-state index in [9.17, 15) is 14.0 Å². The highest BCUT2D eigenvalue weighted by atomic mass is 19.1. The maximum atomic E-state index is 13.1. The first-order chi connectivity index (χ1) is 13.5. The van der Waals surface area contributed by atoms with E-state index in [1.807, 2.05) is 37.4 Å². The van der Waals surface area contributed by atoms with E-state index in [1.165, 1.54) is 6.07 Å². The van der Waals surface area contributed by atoms with Gasteiger partial charge in [-0.3, -0.25) is 4.79 Å². The molecule has 1 aromatic heterocycles. The number of anilines is 1. The minimum absolute atomic E-state index is 0.00193. The van der Waals surface area contributed by atoms with Crippen LogP contribution in [0.1, 0.15) is 27.8 Å². The van der Waals surface area contributed by atoms with Crippen LogP contribution in [0, 0.1) is 5.82 Å². The van der Waals surface area contributed by atoms with Crippen molar-refractivity contribution in [2.24, 2.45) is 7.05 Å². The first-order valence-corrected chi connectivity index (χ1v) is 8.49. The smallest absolute Gasteiger partial charge is 0.340 e. The summed E-state index contributed by atoms with van der Waals surface area (Å²) in [6.45, 7) is -0.511. The highest BCUT2D eigenvalue weighted by Gasteiger charge is 2.21. The molecule has 0 fully saturated rings. The molecule has 0 aliphatic carbocycles. The Morgan fingerprint density at radius 2 is 2.00 bits per heavy atom. The molecule has 3 N–H and O–H groups in total. The number of carbonyl (C=O) groups is 2. The minimum atomic E-state index is -0.805. The Hall–Kier alpha value is -3.68. The molecule has 28 heavy (non-hydrogen) atoms. The molecule has 0 aliphatic rings. The van der Waals surface area contributed by atoms with Gasteiger partial charge in [0.2, 0.25) is 0 Å². The van der Waals surface area contributed by atoms with Gasteiger partial charge in [-0.15, -0.1) is 0 Å². The second-order valence-electron chi connectivity index (χ2n) is 6.12. The van der Waals surface area contributed by atoms with Gasteiger partial charge in [-0.05, 0) is 23.8 Å². The molecule has 3 rings (SSSR count). The molecule has 0 saturated carbocycles. The zero-order chi connectivity index (χ0) is 20.1. The summed E-state index contributed by atoms with van der Waals surface area (Å²) in [5.41, 5.74) is 6.39. The van der Waals surface area contributed by atoms with Gasteiger partial charge >= 0.3 is 5.97 Å². The number of halogens is 1. The van der Waals surface area contributed by atoms with Gasteiger partial charge in [-0.2, -0.15) is 0 Å². The monoisotopic (exact) mass is 382 g/mol. The van der Waals surface area contributed by atoms with Crippen LogP contribution in [-0.2, 0) is 16.6 Å². The van der Waals surface area contributed by atoms with Crippen molar-refractivity contribution in [2.75, 3.05) is 12.3 Å². The zero-order valence-corrected chi connectivity index (χ0v) is 15.1. The van der Waals surface area contributed by atoms with E-state index in [2.05, 4.69) is 10.3 Å². The van der Waals surface area contributed by atoms with Crippen molar-refractivity contribution in [1.29, 1.82) is 0 Å². The summed E-state index contributed by atoms with van der Waals surface area (Å²) in [5, 5.41) is 2.82. The van der Waals surface area contributed by atoms with E-state index >= 15 is 0 Å². The topological polar surface area (TPSA) is 99.2 Å². The number of imidazole rings is 1. The fraction of sp³-hybridized carbons (Fsp3) is 0.150. The maximum Gasteiger partial charge on any atom is 0.340 e. The molecule has 0 aliphatic heterocycles.